The zero-order valence-corrected chi connectivity index (χ0v) is 9.58. The number of aliphatic carboxylic acids is 1. The number of amides is 1. The molecule has 88 valence electrons. The molecule has 0 atom stereocenters. The van der Waals surface area contributed by atoms with Crippen LogP contribution >= 0.6 is 0 Å². The van der Waals surface area contributed by atoms with Gasteiger partial charge in [0.15, 0.2) is 9.84 Å². The zero-order valence-electron chi connectivity index (χ0n) is 8.76. The van der Waals surface area contributed by atoms with Crippen LogP contribution in [0.1, 0.15) is 12.8 Å². The van der Waals surface area contributed by atoms with Crippen LogP contribution < -0.4 is 0 Å². The van der Waals surface area contributed by atoms with Crippen molar-refractivity contribution in [3.63, 3.8) is 0 Å². The minimum Gasteiger partial charge on any atom is -0.481 e. The van der Waals surface area contributed by atoms with Gasteiger partial charge in [0.2, 0.25) is 5.91 Å². The third-order valence-corrected chi connectivity index (χ3v) is 3.40. The van der Waals surface area contributed by atoms with Gasteiger partial charge in [-0.3, -0.25) is 9.59 Å². The van der Waals surface area contributed by atoms with Crippen molar-refractivity contribution in [1.82, 2.24) is 4.90 Å². The van der Waals surface area contributed by atoms with Crippen molar-refractivity contribution in [1.29, 1.82) is 0 Å². The standard InChI is InChI=1S/C8H15NO5S/c1-9(2)7(10)3-5-15(13,14)6-4-8(11)12/h3-6H2,1-2H3,(H,11,12). The zero-order chi connectivity index (χ0) is 12.1. The number of carbonyl (C=O) groups is 2. The summed E-state index contributed by atoms with van der Waals surface area (Å²) in [6.45, 7) is 0. The van der Waals surface area contributed by atoms with E-state index in [4.69, 9.17) is 5.11 Å². The van der Waals surface area contributed by atoms with Crippen molar-refractivity contribution in [2.75, 3.05) is 25.6 Å². The van der Waals surface area contributed by atoms with Crippen molar-refractivity contribution in [2.24, 2.45) is 0 Å². The Morgan fingerprint density at radius 3 is 2.00 bits per heavy atom. The number of hydrogen-bond donors (Lipinski definition) is 1. The molecular weight excluding hydrogens is 222 g/mol. The highest BCUT2D eigenvalue weighted by Crippen LogP contribution is 1.99. The minimum atomic E-state index is -3.43. The van der Waals surface area contributed by atoms with Crippen LogP contribution in [-0.4, -0.2) is 55.9 Å². The quantitative estimate of drug-likeness (QED) is 0.663. The molecule has 7 heteroatoms. The molecule has 0 spiro atoms. The fraction of sp³-hybridized carbons (Fsp3) is 0.750. The van der Waals surface area contributed by atoms with E-state index in [0.717, 1.165) is 0 Å². The van der Waals surface area contributed by atoms with E-state index in [9.17, 15) is 18.0 Å². The first-order valence-corrected chi connectivity index (χ1v) is 6.19. The highest BCUT2D eigenvalue weighted by Gasteiger charge is 2.15. The van der Waals surface area contributed by atoms with Crippen LogP contribution in [0.3, 0.4) is 0 Å². The predicted molar refractivity (Wildman–Crippen MR) is 54.2 cm³/mol. The van der Waals surface area contributed by atoms with E-state index in [1.807, 2.05) is 0 Å². The Hall–Kier alpha value is -1.11. The summed E-state index contributed by atoms with van der Waals surface area (Å²) in [5.74, 6) is -2.15. The van der Waals surface area contributed by atoms with Gasteiger partial charge in [-0.2, -0.15) is 0 Å². The normalized spacial score (nSPS) is 11.1. The Labute approximate surface area is 88.8 Å². The number of carboxylic acid groups (broad SMARTS) is 1. The second kappa shape index (κ2) is 5.69. The SMILES string of the molecule is CN(C)C(=O)CCS(=O)(=O)CCC(=O)O. The van der Waals surface area contributed by atoms with Gasteiger partial charge in [0.25, 0.3) is 0 Å². The maximum Gasteiger partial charge on any atom is 0.304 e. The Morgan fingerprint density at radius 2 is 1.60 bits per heavy atom. The van der Waals surface area contributed by atoms with E-state index in [0.29, 0.717) is 0 Å². The van der Waals surface area contributed by atoms with Gasteiger partial charge in [0.05, 0.1) is 17.9 Å². The molecule has 0 heterocycles. The number of carbonyl (C=O) groups excluding carboxylic acids is 1. The summed E-state index contributed by atoms with van der Waals surface area (Å²) >= 11 is 0. The van der Waals surface area contributed by atoms with Gasteiger partial charge in [-0.25, -0.2) is 8.42 Å². The molecule has 0 aromatic rings. The molecule has 0 saturated heterocycles. The van der Waals surface area contributed by atoms with E-state index in [1.54, 1.807) is 0 Å². The van der Waals surface area contributed by atoms with Crippen LogP contribution in [0.5, 0.6) is 0 Å². The van der Waals surface area contributed by atoms with Gasteiger partial charge in [-0.1, -0.05) is 0 Å². The van der Waals surface area contributed by atoms with Gasteiger partial charge >= 0.3 is 5.97 Å². The fourth-order valence-corrected chi connectivity index (χ4v) is 1.99. The van der Waals surface area contributed by atoms with E-state index in [2.05, 4.69) is 0 Å². The number of rotatable bonds is 6. The Kier molecular flexibility index (Phi) is 5.27. The lowest BCUT2D eigenvalue weighted by Crippen LogP contribution is -2.25. The molecular formula is C8H15NO5S. The first kappa shape index (κ1) is 13.9. The molecule has 0 aliphatic rings. The monoisotopic (exact) mass is 237 g/mol. The average Bonchev–Trinajstić information content (AvgIpc) is 2.11. The van der Waals surface area contributed by atoms with E-state index < -0.39 is 28.0 Å². The lowest BCUT2D eigenvalue weighted by atomic mass is 10.4. The number of hydrogen-bond acceptors (Lipinski definition) is 4. The van der Waals surface area contributed by atoms with Gasteiger partial charge in [-0.15, -0.1) is 0 Å². The van der Waals surface area contributed by atoms with E-state index >= 15 is 0 Å². The summed E-state index contributed by atoms with van der Waals surface area (Å²) in [6, 6.07) is 0. The molecule has 0 aromatic carbocycles. The molecule has 1 N–H and O–H groups in total. The molecule has 0 unspecified atom stereocenters. The summed E-state index contributed by atoms with van der Waals surface area (Å²) in [4.78, 5) is 22.5. The first-order valence-electron chi connectivity index (χ1n) is 4.37. The molecule has 0 radical (unpaired) electrons. The smallest absolute Gasteiger partial charge is 0.304 e. The van der Waals surface area contributed by atoms with Crippen LogP contribution in [0.15, 0.2) is 0 Å². The Balaban J connectivity index is 4.05. The van der Waals surface area contributed by atoms with Crippen molar-refractivity contribution < 1.29 is 23.1 Å². The van der Waals surface area contributed by atoms with Crippen LogP contribution in [0, 0.1) is 0 Å². The van der Waals surface area contributed by atoms with Gasteiger partial charge in [-0.05, 0) is 0 Å². The molecule has 0 aromatic heterocycles. The maximum atomic E-state index is 11.2. The lowest BCUT2D eigenvalue weighted by Gasteiger charge is -2.09. The average molecular weight is 237 g/mol. The van der Waals surface area contributed by atoms with Gasteiger partial charge in [0.1, 0.15) is 0 Å². The van der Waals surface area contributed by atoms with E-state index in [1.165, 1.54) is 19.0 Å². The van der Waals surface area contributed by atoms with Crippen LogP contribution in [0.2, 0.25) is 0 Å². The second-order valence-corrected chi connectivity index (χ2v) is 5.64. The third kappa shape index (κ3) is 6.89. The van der Waals surface area contributed by atoms with Crippen molar-refractivity contribution >= 4 is 21.7 Å². The summed E-state index contributed by atoms with van der Waals surface area (Å²) in [5, 5.41) is 8.30. The van der Waals surface area contributed by atoms with Crippen molar-refractivity contribution in [2.45, 2.75) is 12.8 Å². The molecule has 0 rings (SSSR count). The lowest BCUT2D eigenvalue weighted by molar-refractivity contribution is -0.136. The van der Waals surface area contributed by atoms with Crippen LogP contribution in [-0.2, 0) is 19.4 Å². The van der Waals surface area contributed by atoms with Crippen molar-refractivity contribution in [3.05, 3.63) is 0 Å². The van der Waals surface area contributed by atoms with E-state index in [-0.39, 0.29) is 18.1 Å². The molecule has 0 aliphatic carbocycles. The summed E-state index contributed by atoms with van der Waals surface area (Å²) in [7, 11) is -0.366. The highest BCUT2D eigenvalue weighted by molar-refractivity contribution is 7.91. The summed E-state index contributed by atoms with van der Waals surface area (Å²) in [5.41, 5.74) is 0. The molecule has 0 saturated carbocycles. The Bertz CT molecular complexity index is 333. The van der Waals surface area contributed by atoms with Gasteiger partial charge < -0.3 is 10.0 Å². The molecule has 0 aliphatic heterocycles. The maximum absolute atomic E-state index is 11.2. The second-order valence-electron chi connectivity index (χ2n) is 3.33. The Morgan fingerprint density at radius 1 is 1.13 bits per heavy atom. The third-order valence-electron chi connectivity index (χ3n) is 1.75. The number of nitrogens with zero attached hydrogens (tertiary/aromatic N) is 1. The highest BCUT2D eigenvalue weighted by atomic mass is 32.2. The summed E-state index contributed by atoms with van der Waals surface area (Å²) in [6.07, 6.45) is -0.520. The number of carboxylic acids is 1. The van der Waals surface area contributed by atoms with Crippen LogP contribution in [0.4, 0.5) is 0 Å². The van der Waals surface area contributed by atoms with Gasteiger partial charge in [0, 0.05) is 20.5 Å². The van der Waals surface area contributed by atoms with Crippen molar-refractivity contribution in [3.8, 4) is 0 Å². The molecule has 15 heavy (non-hydrogen) atoms. The predicted octanol–water partition coefficient (Wildman–Crippen LogP) is -0.646. The molecule has 0 fully saturated rings. The fourth-order valence-electron chi connectivity index (χ4n) is 0.811. The molecule has 1 amide bonds. The largest absolute Gasteiger partial charge is 0.481 e. The number of sulfone groups is 1. The molecule has 0 bridgehead atoms. The minimum absolute atomic E-state index is 0.102. The summed E-state index contributed by atoms with van der Waals surface area (Å²) < 4.78 is 22.5. The molecule has 6 nitrogen and oxygen atoms in total. The first-order chi connectivity index (χ1) is 6.74. The topological polar surface area (TPSA) is 91.8 Å². The van der Waals surface area contributed by atoms with Crippen LogP contribution in [0.25, 0.3) is 0 Å².